The number of primary amides is 1. The number of likely N-dealkylation sites (tertiary alicyclic amines) is 1. The van der Waals surface area contributed by atoms with Crippen LogP contribution in [0.15, 0.2) is 0 Å². The molecule has 0 spiro atoms. The van der Waals surface area contributed by atoms with Gasteiger partial charge in [-0.2, -0.15) is 11.8 Å². The van der Waals surface area contributed by atoms with Gasteiger partial charge >= 0.3 is 5.97 Å². The first-order valence-corrected chi connectivity index (χ1v) is 10.2. The van der Waals surface area contributed by atoms with Gasteiger partial charge in [0.05, 0.1) is 13.0 Å². The van der Waals surface area contributed by atoms with Crippen molar-refractivity contribution in [3.05, 3.63) is 0 Å². The van der Waals surface area contributed by atoms with Crippen molar-refractivity contribution in [3.8, 4) is 0 Å². The highest BCUT2D eigenvalue weighted by molar-refractivity contribution is 7.98. The predicted octanol–water partition coefficient (Wildman–Crippen LogP) is -2.38. The summed E-state index contributed by atoms with van der Waals surface area (Å²) in [7, 11) is 0. The fourth-order valence-electron chi connectivity index (χ4n) is 2.92. The summed E-state index contributed by atoms with van der Waals surface area (Å²) in [4.78, 5) is 60.6. The molecular formula is C16H27N5O6S. The summed E-state index contributed by atoms with van der Waals surface area (Å²) in [6.45, 7) is 0.0408. The number of nitrogens with two attached hydrogens (primary N) is 2. The summed E-state index contributed by atoms with van der Waals surface area (Å²) in [6.07, 6.45) is 2.59. The molecule has 158 valence electrons. The van der Waals surface area contributed by atoms with E-state index in [1.807, 2.05) is 6.26 Å². The average Bonchev–Trinajstić information content (AvgIpc) is 3.13. The second-order valence-corrected chi connectivity index (χ2v) is 7.35. The van der Waals surface area contributed by atoms with Gasteiger partial charge in [0.25, 0.3) is 0 Å². The third-order valence-corrected chi connectivity index (χ3v) is 4.93. The van der Waals surface area contributed by atoms with E-state index in [2.05, 4.69) is 10.6 Å². The van der Waals surface area contributed by atoms with Gasteiger partial charge in [0.2, 0.25) is 23.6 Å². The molecule has 28 heavy (non-hydrogen) atoms. The quantitative estimate of drug-likeness (QED) is 0.246. The Hall–Kier alpha value is -2.34. The van der Waals surface area contributed by atoms with Gasteiger partial charge in [0.15, 0.2) is 0 Å². The van der Waals surface area contributed by atoms with Gasteiger partial charge in [-0.25, -0.2) is 4.79 Å². The summed E-state index contributed by atoms with van der Waals surface area (Å²) in [5, 5.41) is 14.0. The molecule has 1 aliphatic rings. The first-order chi connectivity index (χ1) is 13.2. The summed E-state index contributed by atoms with van der Waals surface area (Å²) in [6, 6.07) is -3.17. The van der Waals surface area contributed by atoms with Crippen LogP contribution >= 0.6 is 11.8 Å². The standard InChI is InChI=1S/C16H27N5O6S/c1-28-6-4-9(19-13(23)8-17)15(25)21-5-2-3-11(21)14(24)20-10(16(26)27)7-12(18)22/h9-11H,2-8,17H2,1H3,(H2,18,22)(H,19,23)(H,20,24)(H,26,27). The lowest BCUT2D eigenvalue weighted by molar-refractivity contribution is -0.145. The molecule has 0 radical (unpaired) electrons. The van der Waals surface area contributed by atoms with Crippen molar-refractivity contribution in [2.45, 2.75) is 43.8 Å². The molecule has 0 aromatic rings. The van der Waals surface area contributed by atoms with E-state index in [0.29, 0.717) is 31.6 Å². The Kier molecular flexibility index (Phi) is 9.73. The molecule has 4 amide bonds. The molecule has 12 heteroatoms. The number of thioether (sulfide) groups is 1. The van der Waals surface area contributed by atoms with E-state index >= 15 is 0 Å². The van der Waals surface area contributed by atoms with Crippen molar-refractivity contribution in [2.75, 3.05) is 25.1 Å². The van der Waals surface area contributed by atoms with Gasteiger partial charge in [0.1, 0.15) is 18.1 Å². The fourth-order valence-corrected chi connectivity index (χ4v) is 3.39. The van der Waals surface area contributed by atoms with E-state index in [4.69, 9.17) is 16.6 Å². The average molecular weight is 417 g/mol. The van der Waals surface area contributed by atoms with Crippen molar-refractivity contribution >= 4 is 41.4 Å². The van der Waals surface area contributed by atoms with Crippen molar-refractivity contribution < 1.29 is 29.1 Å². The minimum atomic E-state index is -1.47. The predicted molar refractivity (Wildman–Crippen MR) is 102 cm³/mol. The molecule has 1 rings (SSSR count). The van der Waals surface area contributed by atoms with Crippen LogP contribution in [0.4, 0.5) is 0 Å². The summed E-state index contributed by atoms with van der Waals surface area (Å²) >= 11 is 1.51. The van der Waals surface area contributed by atoms with E-state index in [-0.39, 0.29) is 6.54 Å². The van der Waals surface area contributed by atoms with Crippen LogP contribution in [0.2, 0.25) is 0 Å². The molecule has 0 aromatic heterocycles. The number of carboxylic acid groups (broad SMARTS) is 1. The lowest BCUT2D eigenvalue weighted by atomic mass is 10.1. The van der Waals surface area contributed by atoms with E-state index < -0.39 is 54.1 Å². The fraction of sp³-hybridized carbons (Fsp3) is 0.688. The third kappa shape index (κ3) is 7.00. The molecule has 0 saturated carbocycles. The maximum absolute atomic E-state index is 12.9. The second-order valence-electron chi connectivity index (χ2n) is 6.37. The molecule has 3 atom stereocenters. The molecule has 11 nitrogen and oxygen atoms in total. The van der Waals surface area contributed by atoms with Gasteiger partial charge in [-0.3, -0.25) is 19.2 Å². The number of hydrogen-bond donors (Lipinski definition) is 5. The highest BCUT2D eigenvalue weighted by Gasteiger charge is 2.38. The number of nitrogens with zero attached hydrogens (tertiary/aromatic N) is 1. The lowest BCUT2D eigenvalue weighted by Gasteiger charge is -2.29. The monoisotopic (exact) mass is 417 g/mol. The van der Waals surface area contributed by atoms with Gasteiger partial charge in [-0.1, -0.05) is 0 Å². The van der Waals surface area contributed by atoms with Gasteiger partial charge in [0, 0.05) is 6.54 Å². The molecular weight excluding hydrogens is 390 g/mol. The minimum Gasteiger partial charge on any atom is -0.480 e. The van der Waals surface area contributed by atoms with Crippen molar-refractivity contribution in [2.24, 2.45) is 11.5 Å². The minimum absolute atomic E-state index is 0.264. The van der Waals surface area contributed by atoms with Gasteiger partial charge in [-0.05, 0) is 31.3 Å². The molecule has 0 aromatic carbocycles. The van der Waals surface area contributed by atoms with Crippen LogP contribution < -0.4 is 22.1 Å². The smallest absolute Gasteiger partial charge is 0.326 e. The zero-order chi connectivity index (χ0) is 21.3. The number of carbonyl (C=O) groups excluding carboxylic acids is 4. The Bertz CT molecular complexity index is 616. The lowest BCUT2D eigenvalue weighted by Crippen LogP contribution is -2.56. The van der Waals surface area contributed by atoms with Crippen LogP contribution in [0.1, 0.15) is 25.7 Å². The van der Waals surface area contributed by atoms with Gasteiger partial charge in [-0.15, -0.1) is 0 Å². The number of amides is 4. The highest BCUT2D eigenvalue weighted by Crippen LogP contribution is 2.20. The summed E-state index contributed by atoms with van der Waals surface area (Å²) < 4.78 is 0. The zero-order valence-electron chi connectivity index (χ0n) is 15.7. The maximum atomic E-state index is 12.9. The van der Waals surface area contributed by atoms with Crippen LogP contribution in [-0.2, 0) is 24.0 Å². The molecule has 1 heterocycles. The Morgan fingerprint density at radius 3 is 2.43 bits per heavy atom. The molecule has 3 unspecified atom stereocenters. The Morgan fingerprint density at radius 1 is 1.21 bits per heavy atom. The molecule has 1 fully saturated rings. The first kappa shape index (κ1) is 23.7. The highest BCUT2D eigenvalue weighted by atomic mass is 32.2. The number of hydrogen-bond acceptors (Lipinski definition) is 7. The van der Waals surface area contributed by atoms with Crippen molar-refractivity contribution in [1.82, 2.24) is 15.5 Å². The Morgan fingerprint density at radius 2 is 1.89 bits per heavy atom. The Balaban J connectivity index is 2.88. The number of carboxylic acids is 1. The zero-order valence-corrected chi connectivity index (χ0v) is 16.5. The van der Waals surface area contributed by atoms with Crippen LogP contribution in [0.5, 0.6) is 0 Å². The SMILES string of the molecule is CSCCC(NC(=O)CN)C(=O)N1CCCC1C(=O)NC(CC(N)=O)C(=O)O. The van der Waals surface area contributed by atoms with Crippen molar-refractivity contribution in [1.29, 1.82) is 0 Å². The van der Waals surface area contributed by atoms with Crippen LogP contribution in [0.25, 0.3) is 0 Å². The maximum Gasteiger partial charge on any atom is 0.326 e. The van der Waals surface area contributed by atoms with E-state index in [0.717, 1.165) is 0 Å². The summed E-state index contributed by atoms with van der Waals surface area (Å²) in [5.41, 5.74) is 10.3. The largest absolute Gasteiger partial charge is 0.480 e. The normalized spacial score (nSPS) is 18.2. The van der Waals surface area contributed by atoms with Gasteiger partial charge < -0.3 is 32.1 Å². The van der Waals surface area contributed by atoms with Crippen LogP contribution in [-0.4, -0.2) is 82.8 Å². The van der Waals surface area contributed by atoms with E-state index in [1.54, 1.807) is 0 Å². The third-order valence-electron chi connectivity index (χ3n) is 4.29. The Labute approximate surface area is 166 Å². The van der Waals surface area contributed by atoms with E-state index in [1.165, 1.54) is 16.7 Å². The first-order valence-electron chi connectivity index (χ1n) is 8.81. The molecule has 1 aliphatic heterocycles. The number of aliphatic carboxylic acids is 1. The van der Waals surface area contributed by atoms with Crippen molar-refractivity contribution in [3.63, 3.8) is 0 Å². The number of nitrogens with one attached hydrogen (secondary N) is 2. The van der Waals surface area contributed by atoms with Crippen LogP contribution in [0.3, 0.4) is 0 Å². The van der Waals surface area contributed by atoms with E-state index in [9.17, 15) is 24.0 Å². The molecule has 0 bridgehead atoms. The number of carbonyl (C=O) groups is 5. The topological polar surface area (TPSA) is 185 Å². The van der Waals surface area contributed by atoms with Crippen LogP contribution in [0, 0.1) is 0 Å². The molecule has 1 saturated heterocycles. The molecule has 7 N–H and O–H groups in total. The summed E-state index contributed by atoms with van der Waals surface area (Å²) in [5.74, 6) is -3.22. The number of rotatable bonds is 11. The molecule has 0 aliphatic carbocycles. The second kappa shape index (κ2) is 11.5.